The predicted octanol–water partition coefficient (Wildman–Crippen LogP) is 3.39. The first-order valence-electron chi connectivity index (χ1n) is 10.1. The lowest BCUT2D eigenvalue weighted by Crippen LogP contribution is -2.59. The van der Waals surface area contributed by atoms with Crippen molar-refractivity contribution in [3.8, 4) is 5.75 Å². The summed E-state index contributed by atoms with van der Waals surface area (Å²) in [7, 11) is 0. The standard InChI is InChI=1S/C24H28N2O3/c1-16-9-10-18(11-17(16)2)29-14-23(28)25-12-21-19-7-5-6-8-20(19)24(3,4)15-26(21)22(27)13-25/h5-11,21H,12-15H2,1-4H3. The number of ether oxygens (including phenoxy) is 1. The molecule has 0 aromatic heterocycles. The van der Waals surface area contributed by atoms with Gasteiger partial charge in [-0.3, -0.25) is 9.59 Å². The molecule has 0 aliphatic carbocycles. The maximum atomic E-state index is 12.9. The van der Waals surface area contributed by atoms with E-state index in [0.29, 0.717) is 18.8 Å². The van der Waals surface area contributed by atoms with Gasteiger partial charge >= 0.3 is 0 Å². The Morgan fingerprint density at radius 3 is 2.66 bits per heavy atom. The van der Waals surface area contributed by atoms with E-state index < -0.39 is 0 Å². The molecule has 1 fully saturated rings. The third kappa shape index (κ3) is 3.61. The van der Waals surface area contributed by atoms with Gasteiger partial charge in [-0.05, 0) is 48.2 Å². The first-order chi connectivity index (χ1) is 13.8. The van der Waals surface area contributed by atoms with E-state index in [4.69, 9.17) is 4.74 Å². The van der Waals surface area contributed by atoms with Gasteiger partial charge in [0.15, 0.2) is 6.61 Å². The second-order valence-corrected chi connectivity index (χ2v) is 8.82. The van der Waals surface area contributed by atoms with Crippen molar-refractivity contribution >= 4 is 11.8 Å². The molecule has 0 saturated carbocycles. The summed E-state index contributed by atoms with van der Waals surface area (Å²) in [4.78, 5) is 29.3. The third-order valence-electron chi connectivity index (χ3n) is 6.22. The van der Waals surface area contributed by atoms with Gasteiger partial charge in [0.05, 0.1) is 12.6 Å². The van der Waals surface area contributed by atoms with E-state index in [-0.39, 0.29) is 36.4 Å². The molecule has 0 radical (unpaired) electrons. The molecule has 5 heteroatoms. The lowest BCUT2D eigenvalue weighted by molar-refractivity contribution is -0.151. The zero-order valence-corrected chi connectivity index (χ0v) is 17.6. The lowest BCUT2D eigenvalue weighted by atomic mass is 9.75. The van der Waals surface area contributed by atoms with Crippen LogP contribution in [0.1, 0.15) is 42.1 Å². The first kappa shape index (κ1) is 19.5. The summed E-state index contributed by atoms with van der Waals surface area (Å²) < 4.78 is 5.71. The number of nitrogens with zero attached hydrogens (tertiary/aromatic N) is 2. The van der Waals surface area contributed by atoms with Crippen LogP contribution in [0, 0.1) is 13.8 Å². The molecule has 5 nitrogen and oxygen atoms in total. The van der Waals surface area contributed by atoms with Crippen molar-refractivity contribution in [1.82, 2.24) is 9.80 Å². The molecule has 1 unspecified atom stereocenters. The molecular formula is C24H28N2O3. The molecular weight excluding hydrogens is 364 g/mol. The van der Waals surface area contributed by atoms with Gasteiger partial charge in [-0.25, -0.2) is 0 Å². The Bertz CT molecular complexity index is 966. The van der Waals surface area contributed by atoms with Crippen LogP contribution in [0.5, 0.6) is 5.75 Å². The highest BCUT2D eigenvalue weighted by Crippen LogP contribution is 2.41. The molecule has 0 spiro atoms. The number of hydrogen-bond donors (Lipinski definition) is 0. The van der Waals surface area contributed by atoms with E-state index in [0.717, 1.165) is 11.1 Å². The summed E-state index contributed by atoms with van der Waals surface area (Å²) in [5.74, 6) is 0.526. The van der Waals surface area contributed by atoms with Crippen LogP contribution >= 0.6 is 0 Å². The molecule has 2 aromatic carbocycles. The summed E-state index contributed by atoms with van der Waals surface area (Å²) in [6.45, 7) is 9.64. The number of aryl methyl sites for hydroxylation is 2. The van der Waals surface area contributed by atoms with Gasteiger partial charge in [-0.1, -0.05) is 44.2 Å². The van der Waals surface area contributed by atoms with Crippen molar-refractivity contribution in [2.75, 3.05) is 26.2 Å². The predicted molar refractivity (Wildman–Crippen MR) is 112 cm³/mol. The lowest BCUT2D eigenvalue weighted by Gasteiger charge is -2.49. The molecule has 0 N–H and O–H groups in total. The number of fused-ring (bicyclic) bond motifs is 3. The zero-order valence-electron chi connectivity index (χ0n) is 17.6. The average molecular weight is 392 g/mol. The van der Waals surface area contributed by atoms with Crippen molar-refractivity contribution in [3.05, 3.63) is 64.7 Å². The molecule has 4 rings (SSSR count). The molecule has 2 aromatic rings. The largest absolute Gasteiger partial charge is 0.484 e. The van der Waals surface area contributed by atoms with Crippen molar-refractivity contribution in [3.63, 3.8) is 0 Å². The molecule has 0 bridgehead atoms. The van der Waals surface area contributed by atoms with Crippen LogP contribution in [0.25, 0.3) is 0 Å². The van der Waals surface area contributed by atoms with Crippen LogP contribution in [-0.4, -0.2) is 47.9 Å². The number of hydrogen-bond acceptors (Lipinski definition) is 3. The quantitative estimate of drug-likeness (QED) is 0.805. The maximum Gasteiger partial charge on any atom is 0.261 e. The molecule has 2 amide bonds. The minimum Gasteiger partial charge on any atom is -0.484 e. The van der Waals surface area contributed by atoms with Gasteiger partial charge in [0.1, 0.15) is 5.75 Å². The van der Waals surface area contributed by atoms with Gasteiger partial charge in [0, 0.05) is 18.5 Å². The number of rotatable bonds is 3. The summed E-state index contributed by atoms with van der Waals surface area (Å²) in [5, 5.41) is 0. The van der Waals surface area contributed by atoms with Gasteiger partial charge in [0.2, 0.25) is 5.91 Å². The minimum absolute atomic E-state index is 0.00311. The van der Waals surface area contributed by atoms with Crippen molar-refractivity contribution in [2.45, 2.75) is 39.2 Å². The van der Waals surface area contributed by atoms with Gasteiger partial charge < -0.3 is 14.5 Å². The van der Waals surface area contributed by atoms with Crippen LogP contribution in [0.3, 0.4) is 0 Å². The number of piperazine rings is 1. The smallest absolute Gasteiger partial charge is 0.261 e. The van der Waals surface area contributed by atoms with Crippen LogP contribution in [-0.2, 0) is 15.0 Å². The molecule has 152 valence electrons. The third-order valence-corrected chi connectivity index (χ3v) is 6.22. The molecule has 29 heavy (non-hydrogen) atoms. The molecule has 2 aliphatic rings. The number of carbonyl (C=O) groups excluding carboxylic acids is 2. The monoisotopic (exact) mass is 392 g/mol. The maximum absolute atomic E-state index is 12.9. The zero-order chi connectivity index (χ0) is 20.8. The van der Waals surface area contributed by atoms with E-state index in [1.807, 2.05) is 49.1 Å². The van der Waals surface area contributed by atoms with Crippen molar-refractivity contribution in [2.24, 2.45) is 0 Å². The Hall–Kier alpha value is -2.82. The summed E-state index contributed by atoms with van der Waals surface area (Å²) in [6, 6.07) is 14.0. The average Bonchev–Trinajstić information content (AvgIpc) is 2.69. The highest BCUT2D eigenvalue weighted by Gasteiger charge is 2.44. The van der Waals surface area contributed by atoms with Crippen LogP contribution in [0.2, 0.25) is 0 Å². The van der Waals surface area contributed by atoms with Crippen molar-refractivity contribution < 1.29 is 14.3 Å². The fraction of sp³-hybridized carbons (Fsp3) is 0.417. The van der Waals surface area contributed by atoms with Crippen molar-refractivity contribution in [1.29, 1.82) is 0 Å². The van der Waals surface area contributed by atoms with Crippen LogP contribution < -0.4 is 4.74 Å². The van der Waals surface area contributed by atoms with Gasteiger partial charge in [-0.15, -0.1) is 0 Å². The second-order valence-electron chi connectivity index (χ2n) is 8.82. The van der Waals surface area contributed by atoms with Crippen LogP contribution in [0.15, 0.2) is 42.5 Å². The normalized spacial score (nSPS) is 20.1. The highest BCUT2D eigenvalue weighted by molar-refractivity contribution is 5.87. The van der Waals surface area contributed by atoms with Crippen LogP contribution in [0.4, 0.5) is 0 Å². The first-order valence-corrected chi connectivity index (χ1v) is 10.1. The van der Waals surface area contributed by atoms with E-state index in [9.17, 15) is 9.59 Å². The summed E-state index contributed by atoms with van der Waals surface area (Å²) >= 11 is 0. The fourth-order valence-corrected chi connectivity index (χ4v) is 4.41. The molecule has 2 aliphatic heterocycles. The Labute approximate surface area is 172 Å². The topological polar surface area (TPSA) is 49.9 Å². The fourth-order valence-electron chi connectivity index (χ4n) is 4.41. The van der Waals surface area contributed by atoms with Gasteiger partial charge in [0.25, 0.3) is 5.91 Å². The Kier molecular flexibility index (Phi) is 4.85. The number of carbonyl (C=O) groups is 2. The Balaban J connectivity index is 1.50. The molecule has 2 heterocycles. The second kappa shape index (κ2) is 7.21. The Morgan fingerprint density at radius 2 is 1.90 bits per heavy atom. The SMILES string of the molecule is Cc1ccc(OCC(=O)N2CC(=O)N3CC(C)(C)c4ccccc4C3C2)cc1C. The molecule has 1 saturated heterocycles. The van der Waals surface area contributed by atoms with E-state index in [2.05, 4.69) is 26.0 Å². The van der Waals surface area contributed by atoms with Gasteiger partial charge in [-0.2, -0.15) is 0 Å². The summed E-state index contributed by atoms with van der Waals surface area (Å²) in [5.41, 5.74) is 4.62. The van der Waals surface area contributed by atoms with E-state index >= 15 is 0 Å². The Morgan fingerprint density at radius 1 is 1.14 bits per heavy atom. The highest BCUT2D eigenvalue weighted by atomic mass is 16.5. The molecule has 1 atom stereocenters. The van der Waals surface area contributed by atoms with E-state index in [1.165, 1.54) is 11.1 Å². The van der Waals surface area contributed by atoms with E-state index in [1.54, 1.807) is 4.90 Å². The minimum atomic E-state index is -0.154. The summed E-state index contributed by atoms with van der Waals surface area (Å²) in [6.07, 6.45) is 0. The number of amides is 2. The number of benzene rings is 2.